The third-order valence-corrected chi connectivity index (χ3v) is 4.05. The van der Waals surface area contributed by atoms with Crippen LogP contribution in [0.2, 0.25) is 0 Å². The second kappa shape index (κ2) is 7.14. The Balaban J connectivity index is 1.72. The number of esters is 1. The van der Waals surface area contributed by atoms with Crippen LogP contribution in [0.4, 0.5) is 0 Å². The maximum Gasteiger partial charge on any atom is 0.343 e. The van der Waals surface area contributed by atoms with Gasteiger partial charge in [-0.2, -0.15) is 0 Å². The lowest BCUT2D eigenvalue weighted by molar-refractivity contribution is 0.0735. The molecule has 0 aromatic heterocycles. The Labute approximate surface area is 142 Å². The summed E-state index contributed by atoms with van der Waals surface area (Å²) in [6.07, 6.45) is 0.967. The number of ether oxygens (including phenoxy) is 1. The molecule has 0 amide bonds. The van der Waals surface area contributed by atoms with Crippen LogP contribution in [0.15, 0.2) is 72.8 Å². The van der Waals surface area contributed by atoms with E-state index in [1.54, 1.807) is 12.1 Å². The zero-order valence-electron chi connectivity index (χ0n) is 14.0. The average Bonchev–Trinajstić information content (AvgIpc) is 2.63. The first kappa shape index (κ1) is 16.0. The minimum Gasteiger partial charge on any atom is -0.423 e. The Morgan fingerprint density at radius 3 is 1.88 bits per heavy atom. The monoisotopic (exact) mass is 316 g/mol. The highest BCUT2D eigenvalue weighted by Gasteiger charge is 2.09. The van der Waals surface area contributed by atoms with Gasteiger partial charge in [-0.25, -0.2) is 4.79 Å². The Morgan fingerprint density at radius 2 is 1.33 bits per heavy atom. The second-order valence-corrected chi connectivity index (χ2v) is 5.83. The number of carbonyl (C=O) groups excluding carboxylic acids is 1. The summed E-state index contributed by atoms with van der Waals surface area (Å²) in [5.74, 6) is 0.231. The molecule has 2 heteroatoms. The number of rotatable bonds is 4. The van der Waals surface area contributed by atoms with Crippen LogP contribution in [0.1, 0.15) is 28.4 Å². The zero-order chi connectivity index (χ0) is 16.9. The summed E-state index contributed by atoms with van der Waals surface area (Å²) in [6.45, 7) is 4.16. The van der Waals surface area contributed by atoms with E-state index < -0.39 is 0 Å². The summed E-state index contributed by atoms with van der Waals surface area (Å²) in [5, 5.41) is 0. The van der Waals surface area contributed by atoms with Crippen LogP contribution < -0.4 is 4.74 Å². The van der Waals surface area contributed by atoms with E-state index >= 15 is 0 Å². The van der Waals surface area contributed by atoms with E-state index in [9.17, 15) is 4.79 Å². The normalized spacial score (nSPS) is 10.4. The maximum absolute atomic E-state index is 12.2. The Kier molecular flexibility index (Phi) is 4.76. The molecule has 0 saturated heterocycles. The van der Waals surface area contributed by atoms with Gasteiger partial charge in [0, 0.05) is 0 Å². The van der Waals surface area contributed by atoms with E-state index in [1.165, 1.54) is 11.1 Å². The van der Waals surface area contributed by atoms with Gasteiger partial charge in [0.1, 0.15) is 5.75 Å². The second-order valence-electron chi connectivity index (χ2n) is 5.83. The number of hydrogen-bond acceptors (Lipinski definition) is 2. The molecule has 3 rings (SSSR count). The lowest BCUT2D eigenvalue weighted by Crippen LogP contribution is -2.08. The lowest BCUT2D eigenvalue weighted by atomic mass is 10.0. The van der Waals surface area contributed by atoms with Crippen molar-refractivity contribution < 1.29 is 9.53 Å². The SMILES string of the molecule is CCc1ccc(OC(=O)c2ccc(-c3ccc(C)cc3)cc2)cc1. The predicted molar refractivity (Wildman–Crippen MR) is 97.4 cm³/mol. The first-order chi connectivity index (χ1) is 11.7. The molecule has 0 fully saturated rings. The molecule has 0 spiro atoms. The summed E-state index contributed by atoms with van der Waals surface area (Å²) in [5.41, 5.74) is 5.21. The summed E-state index contributed by atoms with van der Waals surface area (Å²) >= 11 is 0. The van der Waals surface area contributed by atoms with Crippen molar-refractivity contribution in [2.75, 3.05) is 0 Å². The average molecular weight is 316 g/mol. The predicted octanol–water partition coefficient (Wildman–Crippen LogP) is 5.44. The van der Waals surface area contributed by atoms with Gasteiger partial charge < -0.3 is 4.74 Å². The standard InChI is InChI=1S/C22H20O2/c1-3-17-6-14-21(15-7-17)24-22(23)20-12-10-19(11-13-20)18-8-4-16(2)5-9-18/h4-15H,3H2,1-2H3. The molecular weight excluding hydrogens is 296 g/mol. The van der Waals surface area contributed by atoms with Crippen molar-refractivity contribution in [1.29, 1.82) is 0 Å². The summed E-state index contributed by atoms with van der Waals surface area (Å²) < 4.78 is 5.42. The van der Waals surface area contributed by atoms with E-state index in [4.69, 9.17) is 4.74 Å². The van der Waals surface area contributed by atoms with Gasteiger partial charge in [-0.05, 0) is 54.3 Å². The molecule has 0 heterocycles. The third kappa shape index (κ3) is 3.72. The van der Waals surface area contributed by atoms with Crippen LogP contribution in [-0.4, -0.2) is 5.97 Å². The van der Waals surface area contributed by atoms with Gasteiger partial charge in [0.15, 0.2) is 0 Å². The highest BCUT2D eigenvalue weighted by molar-refractivity contribution is 5.91. The molecule has 0 aliphatic heterocycles. The molecule has 0 N–H and O–H groups in total. The minimum absolute atomic E-state index is 0.338. The molecule has 0 unspecified atom stereocenters. The fourth-order valence-electron chi connectivity index (χ4n) is 2.50. The fraction of sp³-hybridized carbons (Fsp3) is 0.136. The molecule has 0 saturated carbocycles. The van der Waals surface area contributed by atoms with Crippen LogP contribution in [0.25, 0.3) is 11.1 Å². The van der Waals surface area contributed by atoms with Gasteiger partial charge in [0.05, 0.1) is 5.56 Å². The van der Waals surface area contributed by atoms with E-state index in [-0.39, 0.29) is 5.97 Å². The van der Waals surface area contributed by atoms with E-state index in [0.717, 1.165) is 17.5 Å². The molecule has 3 aromatic rings. The summed E-state index contributed by atoms with van der Waals surface area (Å²) in [4.78, 5) is 12.2. The van der Waals surface area contributed by atoms with Crippen LogP contribution >= 0.6 is 0 Å². The quantitative estimate of drug-likeness (QED) is 0.473. The van der Waals surface area contributed by atoms with Gasteiger partial charge in [-0.15, -0.1) is 0 Å². The van der Waals surface area contributed by atoms with Gasteiger partial charge in [0.25, 0.3) is 0 Å². The largest absolute Gasteiger partial charge is 0.423 e. The smallest absolute Gasteiger partial charge is 0.343 e. The minimum atomic E-state index is -0.338. The number of aryl methyl sites for hydroxylation is 2. The van der Waals surface area contributed by atoms with Crippen molar-refractivity contribution in [3.63, 3.8) is 0 Å². The zero-order valence-corrected chi connectivity index (χ0v) is 14.0. The molecule has 0 aliphatic rings. The van der Waals surface area contributed by atoms with Crippen molar-refractivity contribution in [1.82, 2.24) is 0 Å². The van der Waals surface area contributed by atoms with Crippen molar-refractivity contribution in [3.8, 4) is 16.9 Å². The number of benzene rings is 3. The van der Waals surface area contributed by atoms with Gasteiger partial charge in [0.2, 0.25) is 0 Å². The Morgan fingerprint density at radius 1 is 0.792 bits per heavy atom. The molecule has 120 valence electrons. The van der Waals surface area contributed by atoms with Crippen molar-refractivity contribution in [3.05, 3.63) is 89.5 Å². The van der Waals surface area contributed by atoms with Gasteiger partial charge in [-0.1, -0.05) is 61.0 Å². The van der Waals surface area contributed by atoms with E-state index in [2.05, 4.69) is 38.1 Å². The number of hydrogen-bond donors (Lipinski definition) is 0. The maximum atomic E-state index is 12.2. The molecule has 0 radical (unpaired) electrons. The molecule has 24 heavy (non-hydrogen) atoms. The highest BCUT2D eigenvalue weighted by atomic mass is 16.5. The van der Waals surface area contributed by atoms with Crippen molar-refractivity contribution in [2.45, 2.75) is 20.3 Å². The first-order valence-electron chi connectivity index (χ1n) is 8.14. The van der Waals surface area contributed by atoms with Gasteiger partial charge in [-0.3, -0.25) is 0 Å². The van der Waals surface area contributed by atoms with Crippen LogP contribution in [0.3, 0.4) is 0 Å². The third-order valence-electron chi connectivity index (χ3n) is 4.05. The highest BCUT2D eigenvalue weighted by Crippen LogP contribution is 2.21. The number of carbonyl (C=O) groups is 1. The lowest BCUT2D eigenvalue weighted by Gasteiger charge is -2.07. The van der Waals surface area contributed by atoms with Crippen molar-refractivity contribution >= 4 is 5.97 Å². The molecule has 0 atom stereocenters. The topological polar surface area (TPSA) is 26.3 Å². The molecular formula is C22H20O2. The Hall–Kier alpha value is -2.87. The van der Waals surface area contributed by atoms with Crippen LogP contribution in [-0.2, 0) is 6.42 Å². The molecule has 0 bridgehead atoms. The summed E-state index contributed by atoms with van der Waals surface area (Å²) in [6, 6.07) is 23.4. The van der Waals surface area contributed by atoms with Crippen molar-refractivity contribution in [2.24, 2.45) is 0 Å². The van der Waals surface area contributed by atoms with E-state index in [1.807, 2.05) is 36.4 Å². The summed E-state index contributed by atoms with van der Waals surface area (Å²) in [7, 11) is 0. The van der Waals surface area contributed by atoms with E-state index in [0.29, 0.717) is 11.3 Å². The van der Waals surface area contributed by atoms with Crippen LogP contribution in [0.5, 0.6) is 5.75 Å². The molecule has 3 aromatic carbocycles. The first-order valence-corrected chi connectivity index (χ1v) is 8.14. The van der Waals surface area contributed by atoms with Gasteiger partial charge >= 0.3 is 5.97 Å². The van der Waals surface area contributed by atoms with Crippen LogP contribution in [0, 0.1) is 6.92 Å². The molecule has 0 aliphatic carbocycles. The fourth-order valence-corrected chi connectivity index (χ4v) is 2.50. The Bertz CT molecular complexity index is 813. The molecule has 2 nitrogen and oxygen atoms in total.